The molecular formula is C35H38BrN3O4S. The standard InChI is InChI=1S/C35H38BrN3O4S/c1-4-27(3)37-35(41)33(23-28-11-7-5-8-12-28)38(24-29-17-19-30(36)20-18-29)34(40)25-39(31-21-15-26(2)16-22-31)44(42,43)32-13-9-6-10-14-32/h5-22,27,33H,4,23-25H2,1-3H3,(H,37,41). The topological polar surface area (TPSA) is 86.8 Å². The van der Waals surface area contributed by atoms with Crippen LogP contribution >= 0.6 is 15.9 Å². The molecule has 0 saturated carbocycles. The molecule has 4 rings (SSSR count). The zero-order valence-electron chi connectivity index (χ0n) is 25.2. The number of nitrogens with one attached hydrogen (secondary N) is 1. The van der Waals surface area contributed by atoms with Crippen LogP contribution in [0.1, 0.15) is 37.0 Å². The first-order chi connectivity index (χ1) is 21.1. The predicted octanol–water partition coefficient (Wildman–Crippen LogP) is 6.51. The molecule has 2 atom stereocenters. The van der Waals surface area contributed by atoms with Crippen molar-refractivity contribution in [2.75, 3.05) is 10.8 Å². The fraction of sp³-hybridized carbons (Fsp3) is 0.257. The number of sulfonamides is 1. The molecular weight excluding hydrogens is 638 g/mol. The maximum absolute atomic E-state index is 14.5. The summed E-state index contributed by atoms with van der Waals surface area (Å²) in [6, 6.07) is 31.1. The average molecular weight is 677 g/mol. The number of hydrogen-bond acceptors (Lipinski definition) is 4. The normalized spacial score (nSPS) is 12.6. The van der Waals surface area contributed by atoms with Gasteiger partial charge in [-0.25, -0.2) is 8.42 Å². The number of anilines is 1. The van der Waals surface area contributed by atoms with Crippen molar-refractivity contribution in [3.05, 3.63) is 130 Å². The van der Waals surface area contributed by atoms with Crippen LogP contribution in [-0.4, -0.2) is 43.8 Å². The molecule has 9 heteroatoms. The fourth-order valence-electron chi connectivity index (χ4n) is 4.74. The molecule has 44 heavy (non-hydrogen) atoms. The maximum atomic E-state index is 14.5. The van der Waals surface area contributed by atoms with Crippen LogP contribution in [0.25, 0.3) is 0 Å². The third-order valence-electron chi connectivity index (χ3n) is 7.47. The van der Waals surface area contributed by atoms with E-state index in [0.29, 0.717) is 5.69 Å². The molecule has 230 valence electrons. The van der Waals surface area contributed by atoms with E-state index in [4.69, 9.17) is 0 Å². The van der Waals surface area contributed by atoms with E-state index in [1.165, 1.54) is 17.0 Å². The van der Waals surface area contributed by atoms with Gasteiger partial charge in [0.1, 0.15) is 12.6 Å². The number of rotatable bonds is 13. The van der Waals surface area contributed by atoms with Crippen molar-refractivity contribution >= 4 is 43.5 Å². The van der Waals surface area contributed by atoms with Crippen LogP contribution in [0.4, 0.5) is 5.69 Å². The Morgan fingerprint density at radius 3 is 2.00 bits per heavy atom. The van der Waals surface area contributed by atoms with Crippen molar-refractivity contribution in [2.45, 2.75) is 57.1 Å². The van der Waals surface area contributed by atoms with Crippen LogP contribution in [-0.2, 0) is 32.6 Å². The highest BCUT2D eigenvalue weighted by Gasteiger charge is 2.34. The Morgan fingerprint density at radius 2 is 1.41 bits per heavy atom. The first kappa shape index (κ1) is 33.0. The molecule has 0 aromatic heterocycles. The zero-order chi connectivity index (χ0) is 31.7. The molecule has 0 aliphatic rings. The van der Waals surface area contributed by atoms with Gasteiger partial charge in [-0.1, -0.05) is 101 Å². The highest BCUT2D eigenvalue weighted by molar-refractivity contribution is 9.10. The van der Waals surface area contributed by atoms with Crippen LogP contribution < -0.4 is 9.62 Å². The molecule has 1 N–H and O–H groups in total. The first-order valence-corrected chi connectivity index (χ1v) is 16.8. The second-order valence-electron chi connectivity index (χ2n) is 10.8. The Morgan fingerprint density at radius 1 is 0.818 bits per heavy atom. The molecule has 2 amide bonds. The lowest BCUT2D eigenvalue weighted by Crippen LogP contribution is -2.54. The van der Waals surface area contributed by atoms with Gasteiger partial charge in [-0.3, -0.25) is 13.9 Å². The summed E-state index contributed by atoms with van der Waals surface area (Å²) < 4.78 is 30.1. The molecule has 0 spiro atoms. The number of benzene rings is 4. The summed E-state index contributed by atoms with van der Waals surface area (Å²) in [5.41, 5.74) is 3.01. The van der Waals surface area contributed by atoms with Gasteiger partial charge < -0.3 is 10.2 Å². The Kier molecular flexibility index (Phi) is 11.4. The fourth-order valence-corrected chi connectivity index (χ4v) is 6.44. The highest BCUT2D eigenvalue weighted by atomic mass is 79.9. The highest BCUT2D eigenvalue weighted by Crippen LogP contribution is 2.25. The van der Waals surface area contributed by atoms with Crippen LogP contribution in [0.3, 0.4) is 0 Å². The van der Waals surface area contributed by atoms with Crippen LogP contribution in [0.15, 0.2) is 119 Å². The summed E-state index contributed by atoms with van der Waals surface area (Å²) in [6.45, 7) is 5.44. The van der Waals surface area contributed by atoms with E-state index >= 15 is 0 Å². The summed E-state index contributed by atoms with van der Waals surface area (Å²) in [7, 11) is -4.12. The summed E-state index contributed by atoms with van der Waals surface area (Å²) >= 11 is 3.46. The van der Waals surface area contributed by atoms with Gasteiger partial charge in [0.05, 0.1) is 10.6 Å². The number of carbonyl (C=O) groups is 2. The summed E-state index contributed by atoms with van der Waals surface area (Å²) in [4.78, 5) is 29.9. The van der Waals surface area contributed by atoms with E-state index < -0.39 is 28.5 Å². The minimum atomic E-state index is -4.12. The predicted molar refractivity (Wildman–Crippen MR) is 179 cm³/mol. The molecule has 4 aromatic carbocycles. The van der Waals surface area contributed by atoms with E-state index in [1.807, 2.05) is 87.5 Å². The second kappa shape index (κ2) is 15.2. The molecule has 0 heterocycles. The lowest BCUT2D eigenvalue weighted by Gasteiger charge is -2.34. The Hall–Kier alpha value is -3.95. The quantitative estimate of drug-likeness (QED) is 0.175. The van der Waals surface area contributed by atoms with E-state index in [-0.39, 0.29) is 29.8 Å². The van der Waals surface area contributed by atoms with Gasteiger partial charge >= 0.3 is 0 Å². The van der Waals surface area contributed by atoms with Crippen molar-refractivity contribution in [1.29, 1.82) is 0 Å². The van der Waals surface area contributed by atoms with Crippen molar-refractivity contribution < 1.29 is 18.0 Å². The largest absolute Gasteiger partial charge is 0.352 e. The third kappa shape index (κ3) is 8.57. The molecule has 0 radical (unpaired) electrons. The van der Waals surface area contributed by atoms with Crippen molar-refractivity contribution in [3.8, 4) is 0 Å². The van der Waals surface area contributed by atoms with Gasteiger partial charge in [0.15, 0.2) is 0 Å². The lowest BCUT2D eigenvalue weighted by atomic mass is 10.0. The van der Waals surface area contributed by atoms with Gasteiger partial charge in [0.2, 0.25) is 11.8 Å². The number of carbonyl (C=O) groups excluding carboxylic acids is 2. The molecule has 0 aliphatic heterocycles. The SMILES string of the molecule is CCC(C)NC(=O)C(Cc1ccccc1)N(Cc1ccc(Br)cc1)C(=O)CN(c1ccc(C)cc1)S(=O)(=O)c1ccccc1. The van der Waals surface area contributed by atoms with Crippen molar-refractivity contribution in [3.63, 3.8) is 0 Å². The van der Waals surface area contributed by atoms with E-state index in [9.17, 15) is 18.0 Å². The Labute approximate surface area is 269 Å². The second-order valence-corrected chi connectivity index (χ2v) is 13.6. The van der Waals surface area contributed by atoms with Gasteiger partial charge in [0, 0.05) is 23.5 Å². The molecule has 0 bridgehead atoms. The molecule has 0 aliphatic carbocycles. The molecule has 4 aromatic rings. The smallest absolute Gasteiger partial charge is 0.264 e. The maximum Gasteiger partial charge on any atom is 0.264 e. The van der Waals surface area contributed by atoms with Gasteiger partial charge in [-0.15, -0.1) is 0 Å². The minimum absolute atomic E-state index is 0.0724. The lowest BCUT2D eigenvalue weighted by molar-refractivity contribution is -0.140. The Balaban J connectivity index is 1.79. The zero-order valence-corrected chi connectivity index (χ0v) is 27.6. The van der Waals surface area contributed by atoms with Crippen LogP contribution in [0.5, 0.6) is 0 Å². The van der Waals surface area contributed by atoms with Crippen LogP contribution in [0, 0.1) is 6.92 Å². The number of halogens is 1. The third-order valence-corrected chi connectivity index (χ3v) is 9.79. The van der Waals surface area contributed by atoms with Gasteiger partial charge in [-0.05, 0) is 67.8 Å². The van der Waals surface area contributed by atoms with Gasteiger partial charge in [0.25, 0.3) is 10.0 Å². The summed E-state index contributed by atoms with van der Waals surface area (Å²) in [5.74, 6) is -0.783. The Bertz CT molecular complexity index is 1630. The first-order valence-electron chi connectivity index (χ1n) is 14.6. The monoisotopic (exact) mass is 675 g/mol. The van der Waals surface area contributed by atoms with E-state index in [2.05, 4.69) is 21.2 Å². The average Bonchev–Trinajstić information content (AvgIpc) is 3.03. The summed E-state index contributed by atoms with van der Waals surface area (Å²) in [6.07, 6.45) is 0.988. The number of nitrogens with zero attached hydrogens (tertiary/aromatic N) is 2. The molecule has 2 unspecified atom stereocenters. The number of amides is 2. The summed E-state index contributed by atoms with van der Waals surface area (Å²) in [5, 5.41) is 3.06. The molecule has 0 fully saturated rings. The van der Waals surface area contributed by atoms with E-state index in [1.54, 1.807) is 30.3 Å². The molecule has 0 saturated heterocycles. The van der Waals surface area contributed by atoms with Crippen LogP contribution in [0.2, 0.25) is 0 Å². The van der Waals surface area contributed by atoms with Crippen molar-refractivity contribution in [2.24, 2.45) is 0 Å². The molecule has 7 nitrogen and oxygen atoms in total. The minimum Gasteiger partial charge on any atom is -0.352 e. The number of aryl methyl sites for hydroxylation is 1. The van der Waals surface area contributed by atoms with Crippen molar-refractivity contribution in [1.82, 2.24) is 10.2 Å². The van der Waals surface area contributed by atoms with E-state index in [0.717, 1.165) is 31.9 Å². The van der Waals surface area contributed by atoms with Gasteiger partial charge in [-0.2, -0.15) is 0 Å². The number of hydrogen-bond donors (Lipinski definition) is 1.